The summed E-state index contributed by atoms with van der Waals surface area (Å²) >= 11 is 0. The van der Waals surface area contributed by atoms with Crippen molar-refractivity contribution in [3.8, 4) is 0 Å². The van der Waals surface area contributed by atoms with Gasteiger partial charge in [0.2, 0.25) is 0 Å². The molecule has 0 saturated carbocycles. The molecule has 1 unspecified atom stereocenters. The number of aryl methyl sites for hydroxylation is 1. The van der Waals surface area contributed by atoms with E-state index in [-0.39, 0.29) is 6.61 Å². The Morgan fingerprint density at radius 1 is 1.41 bits per heavy atom. The lowest BCUT2D eigenvalue weighted by Crippen LogP contribution is -2.43. The van der Waals surface area contributed by atoms with Crippen LogP contribution in [-0.4, -0.2) is 34.3 Å². The maximum atomic E-state index is 12.0. The van der Waals surface area contributed by atoms with Crippen molar-refractivity contribution in [1.29, 1.82) is 0 Å². The van der Waals surface area contributed by atoms with E-state index in [0.717, 1.165) is 22.0 Å². The molecular formula is C17H24N2O3. The summed E-state index contributed by atoms with van der Waals surface area (Å²) in [5.74, 6) is -0.439. The molecule has 22 heavy (non-hydrogen) atoms. The van der Waals surface area contributed by atoms with Gasteiger partial charge in [-0.15, -0.1) is 0 Å². The van der Waals surface area contributed by atoms with E-state index in [2.05, 4.69) is 22.4 Å². The number of nitrogens with one attached hydrogen (secondary N) is 2. The van der Waals surface area contributed by atoms with Crippen LogP contribution in [0, 0.1) is 6.92 Å². The number of aliphatic hydroxyl groups excluding tert-OH is 1. The zero-order valence-electron chi connectivity index (χ0n) is 13.6. The molecule has 0 aliphatic heterocycles. The van der Waals surface area contributed by atoms with Crippen LogP contribution < -0.4 is 5.32 Å². The van der Waals surface area contributed by atoms with Gasteiger partial charge in [-0.05, 0) is 50.8 Å². The molecule has 1 heterocycles. The van der Waals surface area contributed by atoms with Crippen molar-refractivity contribution in [1.82, 2.24) is 10.3 Å². The maximum absolute atomic E-state index is 12.0. The number of aliphatic hydroxyl groups is 1. The Morgan fingerprint density at radius 3 is 2.77 bits per heavy atom. The van der Waals surface area contributed by atoms with Gasteiger partial charge < -0.3 is 14.8 Å². The third kappa shape index (κ3) is 4.08. The number of hydrogen-bond acceptors (Lipinski definition) is 4. The number of carbonyl (C=O) groups is 1. The fraction of sp³-hybridized carbons (Fsp3) is 0.471. The van der Waals surface area contributed by atoms with Gasteiger partial charge in [0.05, 0.1) is 6.61 Å². The van der Waals surface area contributed by atoms with E-state index in [1.807, 2.05) is 40.0 Å². The molecule has 0 spiro atoms. The fourth-order valence-electron chi connectivity index (χ4n) is 2.38. The summed E-state index contributed by atoms with van der Waals surface area (Å²) in [4.78, 5) is 15.2. The van der Waals surface area contributed by atoms with Gasteiger partial charge in [-0.25, -0.2) is 0 Å². The Morgan fingerprint density at radius 2 is 2.14 bits per heavy atom. The van der Waals surface area contributed by atoms with Gasteiger partial charge in [-0.3, -0.25) is 10.1 Å². The molecule has 0 bridgehead atoms. The molecule has 1 aromatic heterocycles. The minimum Gasteiger partial charge on any atom is -0.459 e. The van der Waals surface area contributed by atoms with Crippen LogP contribution in [0.2, 0.25) is 0 Å². The Kier molecular flexibility index (Phi) is 4.88. The molecule has 2 rings (SSSR count). The SMILES string of the molecule is Cc1cc(CNC(CO)C(=O)OC(C)(C)C)c2[nH]ccc2c1. The maximum Gasteiger partial charge on any atom is 0.326 e. The molecule has 3 N–H and O–H groups in total. The summed E-state index contributed by atoms with van der Waals surface area (Å²) in [7, 11) is 0. The van der Waals surface area contributed by atoms with Crippen LogP contribution in [0.4, 0.5) is 0 Å². The quantitative estimate of drug-likeness (QED) is 0.741. The molecule has 2 aromatic rings. The highest BCUT2D eigenvalue weighted by Crippen LogP contribution is 2.19. The zero-order valence-corrected chi connectivity index (χ0v) is 13.6. The predicted molar refractivity (Wildman–Crippen MR) is 86.6 cm³/mol. The Hall–Kier alpha value is -1.85. The van der Waals surface area contributed by atoms with E-state index in [1.165, 1.54) is 0 Å². The highest BCUT2D eigenvalue weighted by atomic mass is 16.6. The average Bonchev–Trinajstić information content (AvgIpc) is 2.85. The monoisotopic (exact) mass is 304 g/mol. The van der Waals surface area contributed by atoms with Crippen LogP contribution in [0.3, 0.4) is 0 Å². The van der Waals surface area contributed by atoms with E-state index in [9.17, 15) is 9.90 Å². The van der Waals surface area contributed by atoms with Crippen LogP contribution in [0.25, 0.3) is 10.9 Å². The molecule has 5 nitrogen and oxygen atoms in total. The minimum atomic E-state index is -0.732. The highest BCUT2D eigenvalue weighted by Gasteiger charge is 2.24. The van der Waals surface area contributed by atoms with Gasteiger partial charge in [0.1, 0.15) is 11.6 Å². The Balaban J connectivity index is 2.09. The summed E-state index contributed by atoms with van der Waals surface area (Å²) < 4.78 is 5.31. The Bertz CT molecular complexity index is 655. The second kappa shape index (κ2) is 6.50. The molecule has 5 heteroatoms. The lowest BCUT2D eigenvalue weighted by molar-refractivity contribution is -0.158. The van der Waals surface area contributed by atoms with Gasteiger partial charge in [0, 0.05) is 18.3 Å². The molecule has 120 valence electrons. The van der Waals surface area contributed by atoms with E-state index in [0.29, 0.717) is 6.54 Å². The highest BCUT2D eigenvalue weighted by molar-refractivity contribution is 5.83. The Labute approximate surface area is 130 Å². The molecule has 1 atom stereocenters. The molecular weight excluding hydrogens is 280 g/mol. The molecule has 1 aromatic carbocycles. The number of esters is 1. The zero-order chi connectivity index (χ0) is 16.3. The summed E-state index contributed by atoms with van der Waals surface area (Å²) in [5.41, 5.74) is 2.69. The first-order chi connectivity index (χ1) is 10.3. The van der Waals surface area contributed by atoms with Crippen molar-refractivity contribution < 1.29 is 14.6 Å². The number of carbonyl (C=O) groups excluding carboxylic acids is 1. The normalized spacial score (nSPS) is 13.3. The number of aromatic nitrogens is 1. The van der Waals surface area contributed by atoms with E-state index >= 15 is 0 Å². The smallest absolute Gasteiger partial charge is 0.326 e. The third-order valence-electron chi connectivity index (χ3n) is 3.30. The first-order valence-electron chi connectivity index (χ1n) is 7.44. The second-order valence-electron chi connectivity index (χ2n) is 6.52. The number of hydrogen-bond donors (Lipinski definition) is 3. The number of fused-ring (bicyclic) bond motifs is 1. The minimum absolute atomic E-state index is 0.297. The topological polar surface area (TPSA) is 74.3 Å². The van der Waals surface area contributed by atoms with Gasteiger partial charge >= 0.3 is 5.97 Å². The third-order valence-corrected chi connectivity index (χ3v) is 3.30. The molecule has 0 amide bonds. The van der Waals surface area contributed by atoms with Crippen LogP contribution >= 0.6 is 0 Å². The molecule has 0 radical (unpaired) electrons. The van der Waals surface area contributed by atoms with E-state index in [1.54, 1.807) is 0 Å². The van der Waals surface area contributed by atoms with Crippen LogP contribution in [0.1, 0.15) is 31.9 Å². The van der Waals surface area contributed by atoms with Gasteiger partial charge in [-0.1, -0.05) is 11.6 Å². The van der Waals surface area contributed by atoms with Gasteiger partial charge in [0.25, 0.3) is 0 Å². The molecule has 0 aliphatic rings. The van der Waals surface area contributed by atoms with Gasteiger partial charge in [0.15, 0.2) is 0 Å². The van der Waals surface area contributed by atoms with Crippen LogP contribution in [-0.2, 0) is 16.1 Å². The van der Waals surface area contributed by atoms with Crippen molar-refractivity contribution in [2.24, 2.45) is 0 Å². The number of benzene rings is 1. The summed E-state index contributed by atoms with van der Waals surface area (Å²) in [6.45, 7) is 7.64. The summed E-state index contributed by atoms with van der Waals surface area (Å²) in [6, 6.07) is 5.45. The molecule has 0 aliphatic carbocycles. The van der Waals surface area contributed by atoms with Gasteiger partial charge in [-0.2, -0.15) is 0 Å². The first-order valence-corrected chi connectivity index (χ1v) is 7.44. The van der Waals surface area contributed by atoms with Crippen molar-refractivity contribution >= 4 is 16.9 Å². The first kappa shape index (κ1) is 16.5. The summed E-state index contributed by atoms with van der Waals surface area (Å²) in [5, 5.41) is 13.6. The number of ether oxygens (including phenoxy) is 1. The number of H-pyrrole nitrogens is 1. The van der Waals surface area contributed by atoms with E-state index < -0.39 is 17.6 Å². The van der Waals surface area contributed by atoms with Crippen molar-refractivity contribution in [2.75, 3.05) is 6.61 Å². The lowest BCUT2D eigenvalue weighted by atomic mass is 10.1. The lowest BCUT2D eigenvalue weighted by Gasteiger charge is -2.23. The van der Waals surface area contributed by atoms with Crippen molar-refractivity contribution in [3.63, 3.8) is 0 Å². The number of rotatable bonds is 5. The predicted octanol–water partition coefficient (Wildman–Crippen LogP) is 2.27. The largest absolute Gasteiger partial charge is 0.459 e. The average molecular weight is 304 g/mol. The second-order valence-corrected chi connectivity index (χ2v) is 6.52. The summed E-state index contributed by atoms with van der Waals surface area (Å²) in [6.07, 6.45) is 1.89. The van der Waals surface area contributed by atoms with Crippen LogP contribution in [0.15, 0.2) is 24.4 Å². The molecule has 0 saturated heterocycles. The number of aromatic amines is 1. The van der Waals surface area contributed by atoms with Crippen molar-refractivity contribution in [3.05, 3.63) is 35.5 Å². The van der Waals surface area contributed by atoms with Crippen LogP contribution in [0.5, 0.6) is 0 Å². The fourth-order valence-corrected chi connectivity index (χ4v) is 2.38. The van der Waals surface area contributed by atoms with E-state index in [4.69, 9.17) is 4.74 Å². The standard InChI is InChI=1S/C17H24N2O3/c1-11-7-12-5-6-18-15(12)13(8-11)9-19-14(10-20)16(21)22-17(2,3)4/h5-8,14,18-20H,9-10H2,1-4H3. The van der Waals surface area contributed by atoms with Crippen molar-refractivity contribution in [2.45, 2.75) is 45.9 Å². The molecule has 0 fully saturated rings.